The highest BCUT2D eigenvalue weighted by molar-refractivity contribution is 6.12. The number of pyridine rings is 1. The van der Waals surface area contributed by atoms with Crippen LogP contribution in [0, 0.1) is 0 Å². The Hall–Kier alpha value is -8.27. The monoisotopic (exact) mass is 789 g/mol. The molecule has 0 fully saturated rings. The van der Waals surface area contributed by atoms with Gasteiger partial charge in [-0.05, 0) is 100 Å². The van der Waals surface area contributed by atoms with E-state index in [1.54, 1.807) is 0 Å². The first-order valence-electron chi connectivity index (χ1n) is 21.2. The maximum Gasteiger partial charge on any atom is 0.0715 e. The van der Waals surface area contributed by atoms with Gasteiger partial charge in [0.2, 0.25) is 0 Å². The van der Waals surface area contributed by atoms with E-state index in [1.165, 1.54) is 65.9 Å². The summed E-state index contributed by atoms with van der Waals surface area (Å²) < 4.78 is 4.79. The first kappa shape index (κ1) is 35.7. The molecule has 0 radical (unpaired) electrons. The zero-order valence-electron chi connectivity index (χ0n) is 33.9. The Balaban J connectivity index is 0.889. The molecule has 0 unspecified atom stereocenters. The number of aromatic nitrogens is 3. The summed E-state index contributed by atoms with van der Waals surface area (Å²) in [7, 11) is 0. The molecule has 0 amide bonds. The van der Waals surface area contributed by atoms with Crippen LogP contribution >= 0.6 is 0 Å². The van der Waals surface area contributed by atoms with Gasteiger partial charge in [-0.15, -0.1) is 0 Å². The molecule has 62 heavy (non-hydrogen) atoms. The molecule has 9 aromatic carbocycles. The van der Waals surface area contributed by atoms with E-state index < -0.39 is 0 Å². The molecule has 0 aliphatic carbocycles. The predicted octanol–water partition coefficient (Wildman–Crippen LogP) is 15.6. The van der Waals surface area contributed by atoms with Crippen LogP contribution in [0.25, 0.3) is 111 Å². The third kappa shape index (κ3) is 6.10. The fraction of sp³-hybridized carbons (Fsp3) is 0. The second-order valence-corrected chi connectivity index (χ2v) is 16.0. The second-order valence-electron chi connectivity index (χ2n) is 16.0. The number of nitrogens with zero attached hydrogens (tertiary/aromatic N) is 3. The lowest BCUT2D eigenvalue weighted by Gasteiger charge is -2.12. The Kier molecular flexibility index (Phi) is 8.50. The summed E-state index contributed by atoms with van der Waals surface area (Å²) in [6, 6.07) is 85.1. The van der Waals surface area contributed by atoms with Gasteiger partial charge in [0.05, 0.1) is 33.5 Å². The Morgan fingerprint density at radius 1 is 0.226 bits per heavy atom. The molecule has 0 aliphatic heterocycles. The van der Waals surface area contributed by atoms with E-state index in [4.69, 9.17) is 4.98 Å². The zero-order valence-corrected chi connectivity index (χ0v) is 33.9. The number of para-hydroxylation sites is 3. The van der Waals surface area contributed by atoms with E-state index in [-0.39, 0.29) is 0 Å². The van der Waals surface area contributed by atoms with E-state index in [0.717, 1.165) is 45.0 Å². The normalized spacial score (nSPS) is 11.5. The Morgan fingerprint density at radius 3 is 1.29 bits per heavy atom. The number of fused-ring (bicyclic) bond motifs is 6. The fourth-order valence-corrected chi connectivity index (χ4v) is 9.30. The maximum absolute atomic E-state index is 5.15. The summed E-state index contributed by atoms with van der Waals surface area (Å²) in [5.41, 5.74) is 18.3. The molecule has 290 valence electrons. The summed E-state index contributed by atoms with van der Waals surface area (Å²) in [6.45, 7) is 0. The highest BCUT2D eigenvalue weighted by atomic mass is 15.0. The van der Waals surface area contributed by atoms with Crippen LogP contribution in [0.2, 0.25) is 0 Å². The average molecular weight is 790 g/mol. The highest BCUT2D eigenvalue weighted by Crippen LogP contribution is 2.39. The molecule has 3 nitrogen and oxygen atoms in total. The number of rotatable bonds is 7. The molecular weight excluding hydrogens is 751 g/mol. The number of benzene rings is 9. The third-order valence-corrected chi connectivity index (χ3v) is 12.3. The molecule has 3 heterocycles. The van der Waals surface area contributed by atoms with Crippen molar-refractivity contribution in [3.63, 3.8) is 0 Å². The van der Waals surface area contributed by atoms with Crippen molar-refractivity contribution < 1.29 is 0 Å². The van der Waals surface area contributed by atoms with Crippen molar-refractivity contribution in [1.29, 1.82) is 0 Å². The zero-order chi connectivity index (χ0) is 41.0. The van der Waals surface area contributed by atoms with Crippen LogP contribution in [0.1, 0.15) is 0 Å². The van der Waals surface area contributed by atoms with Gasteiger partial charge < -0.3 is 9.13 Å². The summed E-state index contributed by atoms with van der Waals surface area (Å²) in [5.74, 6) is 0. The number of hydrogen-bond donors (Lipinski definition) is 0. The molecule has 3 aromatic heterocycles. The third-order valence-electron chi connectivity index (χ3n) is 12.3. The molecule has 0 spiro atoms. The number of hydrogen-bond acceptors (Lipinski definition) is 1. The van der Waals surface area contributed by atoms with E-state index >= 15 is 0 Å². The largest absolute Gasteiger partial charge is 0.309 e. The molecule has 0 N–H and O–H groups in total. The summed E-state index contributed by atoms with van der Waals surface area (Å²) in [6.07, 6.45) is 0. The Labute approximate surface area is 360 Å². The van der Waals surface area contributed by atoms with Crippen molar-refractivity contribution in [3.05, 3.63) is 237 Å². The smallest absolute Gasteiger partial charge is 0.0715 e. The van der Waals surface area contributed by atoms with Gasteiger partial charge in [-0.2, -0.15) is 0 Å². The first-order valence-corrected chi connectivity index (χ1v) is 21.2. The van der Waals surface area contributed by atoms with Gasteiger partial charge in [-0.1, -0.05) is 170 Å². The second kappa shape index (κ2) is 14.8. The molecule has 0 saturated heterocycles. The van der Waals surface area contributed by atoms with Crippen LogP contribution in [0.15, 0.2) is 237 Å². The minimum atomic E-state index is 0.956. The lowest BCUT2D eigenvalue weighted by atomic mass is 9.98. The highest BCUT2D eigenvalue weighted by Gasteiger charge is 2.17. The van der Waals surface area contributed by atoms with E-state index in [9.17, 15) is 0 Å². The van der Waals surface area contributed by atoms with Crippen molar-refractivity contribution in [2.24, 2.45) is 0 Å². The van der Waals surface area contributed by atoms with Crippen LogP contribution in [-0.4, -0.2) is 14.1 Å². The van der Waals surface area contributed by atoms with Gasteiger partial charge in [0.25, 0.3) is 0 Å². The molecule has 0 bridgehead atoms. The minimum absolute atomic E-state index is 0.956. The Bertz CT molecular complexity index is 3520. The van der Waals surface area contributed by atoms with Crippen LogP contribution < -0.4 is 0 Å². The summed E-state index contributed by atoms with van der Waals surface area (Å²) >= 11 is 0. The molecule has 0 atom stereocenters. The Morgan fingerprint density at radius 2 is 0.629 bits per heavy atom. The van der Waals surface area contributed by atoms with Crippen molar-refractivity contribution in [3.8, 4) is 67.3 Å². The van der Waals surface area contributed by atoms with Gasteiger partial charge in [0.15, 0.2) is 0 Å². The van der Waals surface area contributed by atoms with Crippen LogP contribution in [0.3, 0.4) is 0 Å². The van der Waals surface area contributed by atoms with E-state index in [2.05, 4.69) is 240 Å². The maximum atomic E-state index is 5.15. The summed E-state index contributed by atoms with van der Waals surface area (Å²) in [5, 5.41) is 5.00. The first-order chi connectivity index (χ1) is 30.7. The van der Waals surface area contributed by atoms with Gasteiger partial charge in [-0.3, -0.25) is 0 Å². The molecule has 12 rings (SSSR count). The molecular formula is C59H39N3. The standard InChI is InChI=1S/C59H39N3/c1-4-14-40(15-5-1)47-37-54(43-16-6-2-7-17-43)60-55(38-47)44-26-24-41(25-27-44)42-28-32-49(33-29-42)61-57-23-13-11-21-51(57)53-36-45(31-35-58(53)61)46-30-34-52-50-20-10-12-22-56(50)62(59(52)39-46)48-18-8-3-9-19-48/h1-39H. The van der Waals surface area contributed by atoms with Crippen molar-refractivity contribution in [2.45, 2.75) is 0 Å². The predicted molar refractivity (Wildman–Crippen MR) is 260 cm³/mol. The van der Waals surface area contributed by atoms with Gasteiger partial charge in [0.1, 0.15) is 0 Å². The van der Waals surface area contributed by atoms with Crippen molar-refractivity contribution in [2.75, 3.05) is 0 Å². The summed E-state index contributed by atoms with van der Waals surface area (Å²) in [4.78, 5) is 5.15. The van der Waals surface area contributed by atoms with Crippen molar-refractivity contribution in [1.82, 2.24) is 14.1 Å². The fourth-order valence-electron chi connectivity index (χ4n) is 9.30. The lowest BCUT2D eigenvalue weighted by Crippen LogP contribution is -1.94. The van der Waals surface area contributed by atoms with Crippen LogP contribution in [0.5, 0.6) is 0 Å². The van der Waals surface area contributed by atoms with Crippen LogP contribution in [0.4, 0.5) is 0 Å². The topological polar surface area (TPSA) is 22.8 Å². The minimum Gasteiger partial charge on any atom is -0.309 e. The lowest BCUT2D eigenvalue weighted by molar-refractivity contribution is 1.18. The van der Waals surface area contributed by atoms with E-state index in [0.29, 0.717) is 0 Å². The van der Waals surface area contributed by atoms with Gasteiger partial charge in [0, 0.05) is 44.0 Å². The van der Waals surface area contributed by atoms with Crippen molar-refractivity contribution >= 4 is 43.6 Å². The molecule has 3 heteroatoms. The average Bonchev–Trinajstić information content (AvgIpc) is 3.87. The molecule has 0 saturated carbocycles. The quantitative estimate of drug-likeness (QED) is 0.158. The SMILES string of the molecule is c1ccc(-c2cc(-c3ccccc3)nc(-c3ccc(-c4ccc(-n5c6ccccc6c6cc(-c7ccc8c9ccccc9n(-c9ccccc9)c8c7)ccc65)cc4)cc3)c2)cc1. The van der Waals surface area contributed by atoms with E-state index in [1.807, 2.05) is 6.07 Å². The van der Waals surface area contributed by atoms with Gasteiger partial charge in [-0.25, -0.2) is 4.98 Å². The van der Waals surface area contributed by atoms with Crippen LogP contribution in [-0.2, 0) is 0 Å². The molecule has 12 aromatic rings. The molecule has 0 aliphatic rings. The van der Waals surface area contributed by atoms with Gasteiger partial charge >= 0.3 is 0 Å².